The van der Waals surface area contributed by atoms with Gasteiger partial charge >= 0.3 is 0 Å². The number of unbranched alkanes of at least 4 members (excludes halogenated alkanes) is 15. The van der Waals surface area contributed by atoms with Crippen LogP contribution in [0.3, 0.4) is 0 Å². The van der Waals surface area contributed by atoms with Crippen LogP contribution in [-0.2, 0) is 0 Å². The molecule has 6 heteroatoms. The van der Waals surface area contributed by atoms with Gasteiger partial charge in [0.15, 0.2) is 0 Å². The molecule has 3 aromatic carbocycles. The Morgan fingerprint density at radius 3 is 0.915 bits per heavy atom. The fraction of sp³-hybridized carbons (Fsp3) is 0.509. The molecule has 324 valence electrons. The molecule has 0 unspecified atom stereocenters. The second-order valence-corrected chi connectivity index (χ2v) is 15.3. The van der Waals surface area contributed by atoms with Crippen molar-refractivity contribution in [2.24, 2.45) is 0 Å². The van der Waals surface area contributed by atoms with Gasteiger partial charge in [-0.05, 0) is 55.7 Å². The van der Waals surface area contributed by atoms with Crippen molar-refractivity contribution >= 4 is 36.5 Å². The van der Waals surface area contributed by atoms with Crippen LogP contribution in [0.4, 0.5) is 0 Å². The van der Waals surface area contributed by atoms with Crippen LogP contribution in [0.25, 0.3) is 36.5 Å². The minimum Gasteiger partial charge on any atom is -0.496 e. The summed E-state index contributed by atoms with van der Waals surface area (Å²) in [6.45, 7) is 16.7. The van der Waals surface area contributed by atoms with Gasteiger partial charge in [0.2, 0.25) is 0 Å². The van der Waals surface area contributed by atoms with Crippen LogP contribution in [-0.4, -0.2) is 41.2 Å². The summed E-state index contributed by atoms with van der Waals surface area (Å²) in [5.41, 5.74) is 5.45. The quantitative estimate of drug-likeness (QED) is 0.0451. The number of hydrogen-bond acceptors (Lipinski definition) is 6. The molecule has 0 aromatic heterocycles. The topological polar surface area (TPSA) is 55.4 Å². The highest BCUT2D eigenvalue weighted by Gasteiger charge is 2.14. The molecule has 0 bridgehead atoms. The Balaban J connectivity index is 1.96. The molecule has 0 spiro atoms. The molecule has 0 aliphatic rings. The molecule has 0 aliphatic carbocycles. The standard InChI is InChI=1S/C53H76O6/c1-9-14-17-20-23-26-33-57-51-40-44(49(55-7)36-43(51)13-5)29-32-47-39-50(56-8)45(41-53(47)59-35-28-25-22-19-16-11-3)30-31-46-38-48(54-6)42(12-4)37-52(46)58-34-27-24-21-18-15-10-2/h12-13,29-32,36-41H,4-5,9-11,14-28,33-35H2,1-3,6-8H3/b31-30+,32-29+. The first-order chi connectivity index (χ1) is 29.0. The molecule has 6 nitrogen and oxygen atoms in total. The summed E-state index contributed by atoms with van der Waals surface area (Å²) in [6.07, 6.45) is 33.5. The second-order valence-electron chi connectivity index (χ2n) is 15.3. The van der Waals surface area contributed by atoms with Gasteiger partial charge in [-0.3, -0.25) is 0 Å². The largest absolute Gasteiger partial charge is 0.496 e. The normalized spacial score (nSPS) is 11.3. The fourth-order valence-corrected chi connectivity index (χ4v) is 7.07. The van der Waals surface area contributed by atoms with Gasteiger partial charge in [-0.2, -0.15) is 0 Å². The van der Waals surface area contributed by atoms with Crippen LogP contribution in [0.1, 0.15) is 170 Å². The molecule has 0 amide bonds. The third kappa shape index (κ3) is 17.3. The molecule has 0 heterocycles. The predicted octanol–water partition coefficient (Wildman–Crippen LogP) is 15.6. The van der Waals surface area contributed by atoms with Crippen LogP contribution < -0.4 is 28.4 Å². The van der Waals surface area contributed by atoms with Crippen molar-refractivity contribution in [3.8, 4) is 34.5 Å². The van der Waals surface area contributed by atoms with Crippen molar-refractivity contribution < 1.29 is 28.4 Å². The van der Waals surface area contributed by atoms with Crippen molar-refractivity contribution in [2.75, 3.05) is 41.2 Å². The SMILES string of the molecule is C=Cc1cc(OCCCCCCCC)c(/C=C/c2cc(OCCCCCCCC)c(/C=C/c3cc(OCCCCCCCC)c(C=C)cc3OC)cc2OC)cc1OC. The minimum absolute atomic E-state index is 0.632. The molecule has 0 radical (unpaired) electrons. The maximum absolute atomic E-state index is 6.57. The number of rotatable bonds is 33. The summed E-state index contributed by atoms with van der Waals surface area (Å²) >= 11 is 0. The van der Waals surface area contributed by atoms with Crippen LogP contribution in [0.2, 0.25) is 0 Å². The molecular weight excluding hydrogens is 733 g/mol. The molecule has 59 heavy (non-hydrogen) atoms. The van der Waals surface area contributed by atoms with Crippen LogP contribution in [0, 0.1) is 0 Å². The maximum Gasteiger partial charge on any atom is 0.127 e. The summed E-state index contributed by atoms with van der Waals surface area (Å²) in [4.78, 5) is 0. The molecule has 0 aliphatic heterocycles. The van der Waals surface area contributed by atoms with E-state index in [4.69, 9.17) is 28.4 Å². The number of methoxy groups -OCH3 is 3. The Kier molecular flexibility index (Phi) is 24.5. The monoisotopic (exact) mass is 809 g/mol. The first-order valence-electron chi connectivity index (χ1n) is 22.6. The average molecular weight is 809 g/mol. The third-order valence-corrected chi connectivity index (χ3v) is 10.7. The lowest BCUT2D eigenvalue weighted by Crippen LogP contribution is -2.01. The van der Waals surface area contributed by atoms with Crippen molar-refractivity contribution in [2.45, 2.75) is 136 Å². The summed E-state index contributed by atoms with van der Waals surface area (Å²) in [5.74, 6) is 4.62. The number of ether oxygens (including phenoxy) is 6. The fourth-order valence-electron chi connectivity index (χ4n) is 7.07. The summed E-state index contributed by atoms with van der Waals surface area (Å²) < 4.78 is 36.9. The van der Waals surface area contributed by atoms with Gasteiger partial charge in [-0.15, -0.1) is 0 Å². The van der Waals surface area contributed by atoms with Crippen molar-refractivity contribution in [3.63, 3.8) is 0 Å². The molecule has 3 aromatic rings. The van der Waals surface area contributed by atoms with Gasteiger partial charge in [0.25, 0.3) is 0 Å². The van der Waals surface area contributed by atoms with Gasteiger partial charge in [-0.1, -0.05) is 167 Å². The molecule has 3 rings (SSSR count). The van der Waals surface area contributed by atoms with Crippen LogP contribution in [0.5, 0.6) is 34.5 Å². The van der Waals surface area contributed by atoms with Crippen LogP contribution in [0.15, 0.2) is 49.6 Å². The molecular formula is C53H76O6. The zero-order valence-corrected chi connectivity index (χ0v) is 37.6. The highest BCUT2D eigenvalue weighted by molar-refractivity contribution is 5.82. The van der Waals surface area contributed by atoms with E-state index in [-0.39, 0.29) is 0 Å². The number of hydrogen-bond donors (Lipinski definition) is 0. The predicted molar refractivity (Wildman–Crippen MR) is 254 cm³/mol. The van der Waals surface area contributed by atoms with Gasteiger partial charge in [0, 0.05) is 33.4 Å². The van der Waals surface area contributed by atoms with Gasteiger partial charge in [0.05, 0.1) is 41.2 Å². The summed E-state index contributed by atoms with van der Waals surface area (Å²) in [5, 5.41) is 0. The Morgan fingerprint density at radius 2 is 0.576 bits per heavy atom. The van der Waals surface area contributed by atoms with E-state index in [1.54, 1.807) is 27.4 Å². The van der Waals surface area contributed by atoms with E-state index >= 15 is 0 Å². The first-order valence-corrected chi connectivity index (χ1v) is 22.6. The lowest BCUT2D eigenvalue weighted by Gasteiger charge is -2.16. The lowest BCUT2D eigenvalue weighted by atomic mass is 10.0. The second kappa shape index (κ2) is 29.6. The Labute approximate surface area is 358 Å². The van der Waals surface area contributed by atoms with E-state index in [1.807, 2.05) is 36.4 Å². The van der Waals surface area contributed by atoms with E-state index in [1.165, 1.54) is 83.5 Å². The zero-order chi connectivity index (χ0) is 42.5. The molecule has 0 saturated heterocycles. The minimum atomic E-state index is 0.632. The van der Waals surface area contributed by atoms with E-state index in [9.17, 15) is 0 Å². The van der Waals surface area contributed by atoms with Gasteiger partial charge in [-0.25, -0.2) is 0 Å². The van der Waals surface area contributed by atoms with Gasteiger partial charge < -0.3 is 28.4 Å². The van der Waals surface area contributed by atoms with E-state index in [0.717, 1.165) is 100.0 Å². The molecule has 0 fully saturated rings. The van der Waals surface area contributed by atoms with E-state index < -0.39 is 0 Å². The smallest absolute Gasteiger partial charge is 0.127 e. The van der Waals surface area contributed by atoms with Crippen molar-refractivity contribution in [1.29, 1.82) is 0 Å². The van der Waals surface area contributed by atoms with Crippen molar-refractivity contribution in [1.82, 2.24) is 0 Å². The summed E-state index contributed by atoms with van der Waals surface area (Å²) in [7, 11) is 5.09. The Morgan fingerprint density at radius 1 is 0.339 bits per heavy atom. The molecule has 0 atom stereocenters. The average Bonchev–Trinajstić information content (AvgIpc) is 3.26. The van der Waals surface area contributed by atoms with Gasteiger partial charge in [0.1, 0.15) is 34.5 Å². The van der Waals surface area contributed by atoms with Crippen molar-refractivity contribution in [3.05, 3.63) is 82.9 Å². The highest BCUT2D eigenvalue weighted by atomic mass is 16.5. The summed E-state index contributed by atoms with van der Waals surface area (Å²) in [6, 6.07) is 12.2. The van der Waals surface area contributed by atoms with E-state index in [0.29, 0.717) is 19.8 Å². The van der Waals surface area contributed by atoms with Crippen LogP contribution >= 0.6 is 0 Å². The van der Waals surface area contributed by atoms with E-state index in [2.05, 4.69) is 64.3 Å². The maximum atomic E-state index is 6.57. The Bertz CT molecular complexity index is 1720. The first kappa shape index (κ1) is 48.8. The molecule has 0 saturated carbocycles. The zero-order valence-electron chi connectivity index (χ0n) is 37.6. The highest BCUT2D eigenvalue weighted by Crippen LogP contribution is 2.37. The molecule has 0 N–H and O–H groups in total. The lowest BCUT2D eigenvalue weighted by molar-refractivity contribution is 0.303. The number of benzene rings is 3. The third-order valence-electron chi connectivity index (χ3n) is 10.7. The Hall–Kier alpha value is -4.58.